The van der Waals surface area contributed by atoms with Crippen LogP contribution in [0.2, 0.25) is 5.02 Å². The van der Waals surface area contributed by atoms with Gasteiger partial charge in [-0.05, 0) is 42.3 Å². The molecule has 0 bridgehead atoms. The largest absolute Gasteiger partial charge is 0.313 e. The molecular weight excluding hydrogens is 305 g/mol. The standard InChI is InChI=1S/C17H19ClFNS/c1-2-9-20-11-13-5-3-7-15(10-13)21-12-14-6-4-8-16(19)17(14)18/h3-8,10,20H,2,9,11-12H2,1H3. The summed E-state index contributed by atoms with van der Waals surface area (Å²) < 4.78 is 13.4. The van der Waals surface area contributed by atoms with E-state index in [0.717, 1.165) is 25.1 Å². The number of nitrogens with one attached hydrogen (secondary N) is 1. The molecule has 0 saturated heterocycles. The molecule has 1 nitrogen and oxygen atoms in total. The van der Waals surface area contributed by atoms with Crippen molar-refractivity contribution in [1.29, 1.82) is 0 Å². The minimum atomic E-state index is -0.354. The monoisotopic (exact) mass is 323 g/mol. The average molecular weight is 324 g/mol. The molecule has 2 aromatic rings. The zero-order chi connectivity index (χ0) is 15.1. The van der Waals surface area contributed by atoms with Crippen LogP contribution in [0.25, 0.3) is 0 Å². The summed E-state index contributed by atoms with van der Waals surface area (Å²) in [6, 6.07) is 13.4. The Labute approximate surface area is 134 Å². The van der Waals surface area contributed by atoms with Crippen LogP contribution in [0, 0.1) is 5.82 Å². The molecule has 0 aliphatic rings. The van der Waals surface area contributed by atoms with E-state index < -0.39 is 0 Å². The number of thioether (sulfide) groups is 1. The summed E-state index contributed by atoms with van der Waals surface area (Å²) in [5.74, 6) is 0.315. The van der Waals surface area contributed by atoms with Crippen LogP contribution in [0.3, 0.4) is 0 Å². The van der Waals surface area contributed by atoms with Gasteiger partial charge in [0, 0.05) is 17.2 Å². The van der Waals surface area contributed by atoms with Gasteiger partial charge in [0.05, 0.1) is 5.02 Å². The molecule has 112 valence electrons. The Morgan fingerprint density at radius 2 is 2.00 bits per heavy atom. The second kappa shape index (κ2) is 8.42. The maximum atomic E-state index is 13.4. The third-order valence-electron chi connectivity index (χ3n) is 3.08. The van der Waals surface area contributed by atoms with Crippen LogP contribution in [0.4, 0.5) is 4.39 Å². The van der Waals surface area contributed by atoms with E-state index in [1.807, 2.05) is 6.07 Å². The summed E-state index contributed by atoms with van der Waals surface area (Å²) in [5.41, 5.74) is 2.09. The van der Waals surface area contributed by atoms with E-state index >= 15 is 0 Å². The van der Waals surface area contributed by atoms with E-state index in [-0.39, 0.29) is 10.8 Å². The van der Waals surface area contributed by atoms with Crippen molar-refractivity contribution in [3.05, 3.63) is 64.4 Å². The summed E-state index contributed by atoms with van der Waals surface area (Å²) in [6.07, 6.45) is 1.13. The second-order valence-corrected chi connectivity index (χ2v) is 6.25. The van der Waals surface area contributed by atoms with Crippen LogP contribution in [-0.4, -0.2) is 6.54 Å². The van der Waals surface area contributed by atoms with Gasteiger partial charge in [-0.3, -0.25) is 0 Å². The molecule has 0 radical (unpaired) electrons. The van der Waals surface area contributed by atoms with Crippen LogP contribution < -0.4 is 5.32 Å². The Hall–Kier alpha value is -1.03. The lowest BCUT2D eigenvalue weighted by Gasteiger charge is -2.08. The number of benzene rings is 2. The average Bonchev–Trinajstić information content (AvgIpc) is 2.50. The molecule has 0 heterocycles. The molecule has 21 heavy (non-hydrogen) atoms. The van der Waals surface area contributed by atoms with Gasteiger partial charge in [-0.1, -0.05) is 42.8 Å². The Morgan fingerprint density at radius 3 is 2.81 bits per heavy atom. The van der Waals surface area contributed by atoms with E-state index in [9.17, 15) is 4.39 Å². The predicted molar refractivity (Wildman–Crippen MR) is 89.4 cm³/mol. The molecule has 0 aliphatic carbocycles. The maximum absolute atomic E-state index is 13.4. The van der Waals surface area contributed by atoms with Crippen molar-refractivity contribution < 1.29 is 4.39 Å². The van der Waals surface area contributed by atoms with Crippen molar-refractivity contribution in [3.63, 3.8) is 0 Å². The Morgan fingerprint density at radius 1 is 1.19 bits per heavy atom. The van der Waals surface area contributed by atoms with Crippen molar-refractivity contribution in [3.8, 4) is 0 Å². The molecule has 0 saturated carbocycles. The fourth-order valence-corrected chi connectivity index (χ4v) is 3.22. The molecule has 0 spiro atoms. The molecule has 4 heteroatoms. The van der Waals surface area contributed by atoms with Gasteiger partial charge in [0.2, 0.25) is 0 Å². The SMILES string of the molecule is CCCNCc1cccc(SCc2cccc(F)c2Cl)c1. The van der Waals surface area contributed by atoms with Crippen LogP contribution in [0.5, 0.6) is 0 Å². The highest BCUT2D eigenvalue weighted by atomic mass is 35.5. The Bertz CT molecular complexity index is 589. The van der Waals surface area contributed by atoms with Gasteiger partial charge >= 0.3 is 0 Å². The lowest BCUT2D eigenvalue weighted by atomic mass is 10.2. The van der Waals surface area contributed by atoms with Crippen molar-refractivity contribution in [1.82, 2.24) is 5.32 Å². The van der Waals surface area contributed by atoms with E-state index in [2.05, 4.69) is 36.5 Å². The van der Waals surface area contributed by atoms with Gasteiger partial charge < -0.3 is 5.32 Å². The fraction of sp³-hybridized carbons (Fsp3) is 0.294. The van der Waals surface area contributed by atoms with Gasteiger partial charge in [0.25, 0.3) is 0 Å². The predicted octanol–water partition coefficient (Wildman–Crippen LogP) is 5.27. The van der Waals surface area contributed by atoms with Crippen LogP contribution in [0.15, 0.2) is 47.4 Å². The summed E-state index contributed by atoms with van der Waals surface area (Å²) in [6.45, 7) is 4.06. The third-order valence-corrected chi connectivity index (χ3v) is 4.55. The lowest BCUT2D eigenvalue weighted by molar-refractivity contribution is 0.627. The quantitative estimate of drug-likeness (QED) is 0.550. The van der Waals surface area contributed by atoms with Gasteiger partial charge in [-0.25, -0.2) is 4.39 Å². The van der Waals surface area contributed by atoms with Crippen LogP contribution >= 0.6 is 23.4 Å². The molecule has 1 N–H and O–H groups in total. The normalized spacial score (nSPS) is 10.8. The van der Waals surface area contributed by atoms with Crippen LogP contribution in [-0.2, 0) is 12.3 Å². The summed E-state index contributed by atoms with van der Waals surface area (Å²) in [4.78, 5) is 1.17. The maximum Gasteiger partial charge on any atom is 0.142 e. The zero-order valence-electron chi connectivity index (χ0n) is 12.0. The van der Waals surface area contributed by atoms with Crippen molar-refractivity contribution in [2.24, 2.45) is 0 Å². The van der Waals surface area contributed by atoms with Gasteiger partial charge in [-0.2, -0.15) is 0 Å². The number of rotatable bonds is 7. The Kier molecular flexibility index (Phi) is 6.55. The lowest BCUT2D eigenvalue weighted by Crippen LogP contribution is -2.13. The van der Waals surface area contributed by atoms with Gasteiger partial charge in [0.1, 0.15) is 5.82 Å². The van der Waals surface area contributed by atoms with Crippen molar-refractivity contribution >= 4 is 23.4 Å². The molecule has 0 fully saturated rings. The van der Waals surface area contributed by atoms with E-state index in [1.54, 1.807) is 17.8 Å². The fourth-order valence-electron chi connectivity index (χ4n) is 1.98. The topological polar surface area (TPSA) is 12.0 Å². The number of halogens is 2. The first-order valence-electron chi connectivity index (χ1n) is 7.06. The molecule has 2 rings (SSSR count). The highest BCUT2D eigenvalue weighted by molar-refractivity contribution is 7.98. The molecule has 0 aliphatic heterocycles. The zero-order valence-corrected chi connectivity index (χ0v) is 13.6. The van der Waals surface area contributed by atoms with Crippen molar-refractivity contribution in [2.75, 3.05) is 6.54 Å². The first-order valence-corrected chi connectivity index (χ1v) is 8.42. The molecular formula is C17H19ClFNS. The molecule has 0 atom stereocenters. The van der Waals surface area contributed by atoms with Crippen molar-refractivity contribution in [2.45, 2.75) is 30.5 Å². The van der Waals surface area contributed by atoms with Crippen LogP contribution in [0.1, 0.15) is 24.5 Å². The van der Waals surface area contributed by atoms with E-state index in [4.69, 9.17) is 11.6 Å². The van der Waals surface area contributed by atoms with Gasteiger partial charge in [0.15, 0.2) is 0 Å². The first kappa shape index (κ1) is 16.3. The summed E-state index contributed by atoms with van der Waals surface area (Å²) in [5, 5.41) is 3.62. The smallest absolute Gasteiger partial charge is 0.142 e. The van der Waals surface area contributed by atoms with Gasteiger partial charge in [-0.15, -0.1) is 11.8 Å². The first-order chi connectivity index (χ1) is 10.2. The molecule has 0 aromatic heterocycles. The number of hydrogen-bond donors (Lipinski definition) is 1. The minimum Gasteiger partial charge on any atom is -0.313 e. The molecule has 0 amide bonds. The molecule has 0 unspecified atom stereocenters. The summed E-state index contributed by atoms with van der Waals surface area (Å²) in [7, 11) is 0. The second-order valence-electron chi connectivity index (χ2n) is 4.83. The number of hydrogen-bond acceptors (Lipinski definition) is 2. The highest BCUT2D eigenvalue weighted by Gasteiger charge is 2.06. The third kappa shape index (κ3) is 5.03. The molecule has 2 aromatic carbocycles. The summed E-state index contributed by atoms with van der Waals surface area (Å²) >= 11 is 7.65. The Balaban J connectivity index is 1.96. The van der Waals surface area contributed by atoms with E-state index in [0.29, 0.717) is 5.75 Å². The van der Waals surface area contributed by atoms with E-state index in [1.165, 1.54) is 16.5 Å². The minimum absolute atomic E-state index is 0.228. The highest BCUT2D eigenvalue weighted by Crippen LogP contribution is 2.28.